The molecule has 1 aliphatic carbocycles. The third-order valence-corrected chi connectivity index (χ3v) is 4.65. The van der Waals surface area contributed by atoms with Gasteiger partial charge in [-0.05, 0) is 60.4 Å². The first kappa shape index (κ1) is 14.6. The van der Waals surface area contributed by atoms with Crippen LogP contribution < -0.4 is 5.32 Å². The molecule has 0 atom stereocenters. The van der Waals surface area contributed by atoms with Crippen LogP contribution in [0.5, 0.6) is 0 Å². The van der Waals surface area contributed by atoms with E-state index < -0.39 is 0 Å². The normalized spacial score (nSPS) is 16.3. The molecule has 1 N–H and O–H groups in total. The Balaban J connectivity index is 1.68. The number of nitrogens with zero attached hydrogens (tertiary/aromatic N) is 1. The van der Waals surface area contributed by atoms with Crippen molar-refractivity contribution in [1.82, 2.24) is 9.88 Å². The van der Waals surface area contributed by atoms with Crippen LogP contribution in [0.2, 0.25) is 0 Å². The molecule has 0 amide bonds. The lowest BCUT2D eigenvalue weighted by Crippen LogP contribution is -2.18. The molecular weight excluding hydrogens is 256 g/mol. The van der Waals surface area contributed by atoms with Gasteiger partial charge in [-0.3, -0.25) is 0 Å². The lowest BCUT2D eigenvalue weighted by atomic mass is 10.1. The van der Waals surface area contributed by atoms with Gasteiger partial charge in [-0.15, -0.1) is 0 Å². The Morgan fingerprint density at radius 2 is 2.00 bits per heavy atom. The van der Waals surface area contributed by atoms with E-state index in [-0.39, 0.29) is 0 Å². The summed E-state index contributed by atoms with van der Waals surface area (Å²) in [5.41, 5.74) is 2.79. The van der Waals surface area contributed by atoms with Crippen LogP contribution in [0.4, 0.5) is 0 Å². The zero-order valence-electron chi connectivity index (χ0n) is 13.4. The molecule has 1 saturated carbocycles. The van der Waals surface area contributed by atoms with Crippen LogP contribution in [0, 0.1) is 11.8 Å². The molecule has 1 heterocycles. The van der Waals surface area contributed by atoms with Gasteiger partial charge in [0.2, 0.25) is 0 Å². The molecule has 0 saturated heterocycles. The summed E-state index contributed by atoms with van der Waals surface area (Å²) in [6, 6.07) is 9.20. The van der Waals surface area contributed by atoms with Gasteiger partial charge < -0.3 is 9.88 Å². The average molecular weight is 284 g/mol. The molecule has 0 unspecified atom stereocenters. The Kier molecular flexibility index (Phi) is 4.64. The number of hydrogen-bond donors (Lipinski definition) is 1. The zero-order chi connectivity index (χ0) is 14.7. The first-order valence-corrected chi connectivity index (χ1v) is 8.51. The van der Waals surface area contributed by atoms with E-state index in [1.807, 2.05) is 0 Å². The van der Waals surface area contributed by atoms with Gasteiger partial charge in [0, 0.05) is 24.8 Å². The number of hydrogen-bond acceptors (Lipinski definition) is 1. The van der Waals surface area contributed by atoms with E-state index in [1.54, 1.807) is 0 Å². The summed E-state index contributed by atoms with van der Waals surface area (Å²) in [7, 11) is 0. The quantitative estimate of drug-likeness (QED) is 0.821. The Morgan fingerprint density at radius 3 is 2.76 bits per heavy atom. The maximum Gasteiger partial charge on any atom is 0.0480 e. The van der Waals surface area contributed by atoms with Gasteiger partial charge in [-0.1, -0.05) is 32.8 Å². The highest BCUT2D eigenvalue weighted by atomic mass is 15.0. The molecule has 2 heteroatoms. The number of rotatable bonds is 6. The minimum Gasteiger partial charge on any atom is -0.347 e. The van der Waals surface area contributed by atoms with E-state index >= 15 is 0 Å². The first-order chi connectivity index (χ1) is 10.2. The Hall–Kier alpha value is -1.28. The third kappa shape index (κ3) is 3.68. The van der Waals surface area contributed by atoms with E-state index in [0.29, 0.717) is 5.92 Å². The first-order valence-electron chi connectivity index (χ1n) is 8.51. The molecule has 0 spiro atoms. The van der Waals surface area contributed by atoms with Gasteiger partial charge in [-0.2, -0.15) is 0 Å². The molecule has 0 aliphatic heterocycles. The molecule has 1 aromatic carbocycles. The molecule has 21 heavy (non-hydrogen) atoms. The molecule has 2 aromatic rings. The zero-order valence-corrected chi connectivity index (χ0v) is 13.4. The second-order valence-corrected chi connectivity index (χ2v) is 7.04. The second-order valence-electron chi connectivity index (χ2n) is 7.04. The monoisotopic (exact) mass is 284 g/mol. The molecule has 3 rings (SSSR count). The summed E-state index contributed by atoms with van der Waals surface area (Å²) in [6.45, 7) is 7.76. The molecule has 1 aromatic heterocycles. The van der Waals surface area contributed by atoms with Crippen LogP contribution in [0.3, 0.4) is 0 Å². The highest BCUT2D eigenvalue weighted by molar-refractivity contribution is 5.80. The van der Waals surface area contributed by atoms with Gasteiger partial charge in [0.15, 0.2) is 0 Å². The van der Waals surface area contributed by atoms with Gasteiger partial charge in [0.1, 0.15) is 0 Å². The second kappa shape index (κ2) is 6.65. The van der Waals surface area contributed by atoms with Crippen LogP contribution in [0.1, 0.15) is 45.1 Å². The van der Waals surface area contributed by atoms with Gasteiger partial charge >= 0.3 is 0 Å². The van der Waals surface area contributed by atoms with Crippen LogP contribution in [0.25, 0.3) is 10.9 Å². The standard InChI is InChI=1S/C19H28N2/c1-15(2)12-20-13-17-7-8-19-18(11-17)9-10-21(19)14-16-5-3-4-6-16/h7-11,15-16,20H,3-6,12-14H2,1-2H3. The van der Waals surface area contributed by atoms with E-state index in [1.165, 1.54) is 48.7 Å². The highest BCUT2D eigenvalue weighted by Crippen LogP contribution is 2.28. The van der Waals surface area contributed by atoms with Crippen molar-refractivity contribution in [3.63, 3.8) is 0 Å². The average Bonchev–Trinajstić information content (AvgIpc) is 3.09. The number of nitrogens with one attached hydrogen (secondary N) is 1. The maximum atomic E-state index is 3.52. The van der Waals surface area contributed by atoms with Crippen molar-refractivity contribution in [2.45, 2.75) is 52.6 Å². The van der Waals surface area contributed by atoms with Crippen molar-refractivity contribution in [3.05, 3.63) is 36.0 Å². The van der Waals surface area contributed by atoms with E-state index in [9.17, 15) is 0 Å². The van der Waals surface area contributed by atoms with Crippen LogP contribution in [-0.2, 0) is 13.1 Å². The lowest BCUT2D eigenvalue weighted by Gasteiger charge is -2.12. The summed E-state index contributed by atoms with van der Waals surface area (Å²) in [5, 5.41) is 4.91. The van der Waals surface area contributed by atoms with Gasteiger partial charge in [0.05, 0.1) is 0 Å². The molecule has 2 nitrogen and oxygen atoms in total. The molecule has 114 valence electrons. The minimum atomic E-state index is 0.709. The van der Waals surface area contributed by atoms with Gasteiger partial charge in [0.25, 0.3) is 0 Å². The van der Waals surface area contributed by atoms with Crippen LogP contribution in [-0.4, -0.2) is 11.1 Å². The topological polar surface area (TPSA) is 17.0 Å². The number of aromatic nitrogens is 1. The lowest BCUT2D eigenvalue weighted by molar-refractivity contribution is 0.466. The molecule has 0 radical (unpaired) electrons. The summed E-state index contributed by atoms with van der Waals surface area (Å²) in [6.07, 6.45) is 7.95. The summed E-state index contributed by atoms with van der Waals surface area (Å²) in [5.74, 6) is 1.61. The van der Waals surface area contributed by atoms with Crippen LogP contribution in [0.15, 0.2) is 30.5 Å². The maximum absolute atomic E-state index is 3.52. The summed E-state index contributed by atoms with van der Waals surface area (Å²) >= 11 is 0. The fourth-order valence-electron chi connectivity index (χ4n) is 3.50. The Labute approximate surface area is 128 Å². The van der Waals surface area contributed by atoms with E-state index in [4.69, 9.17) is 0 Å². The minimum absolute atomic E-state index is 0.709. The van der Waals surface area contributed by atoms with Crippen LogP contribution >= 0.6 is 0 Å². The third-order valence-electron chi connectivity index (χ3n) is 4.65. The fraction of sp³-hybridized carbons (Fsp3) is 0.579. The molecule has 1 aliphatic rings. The highest BCUT2D eigenvalue weighted by Gasteiger charge is 2.16. The SMILES string of the molecule is CC(C)CNCc1ccc2c(ccn2CC2CCCC2)c1. The molecule has 1 fully saturated rings. The van der Waals surface area contributed by atoms with E-state index in [2.05, 4.69) is 54.2 Å². The van der Waals surface area contributed by atoms with Crippen molar-refractivity contribution in [2.75, 3.05) is 6.54 Å². The fourth-order valence-corrected chi connectivity index (χ4v) is 3.50. The van der Waals surface area contributed by atoms with Gasteiger partial charge in [-0.25, -0.2) is 0 Å². The van der Waals surface area contributed by atoms with Crippen molar-refractivity contribution in [3.8, 4) is 0 Å². The van der Waals surface area contributed by atoms with Crippen molar-refractivity contribution >= 4 is 10.9 Å². The Morgan fingerprint density at radius 1 is 1.19 bits per heavy atom. The molecule has 0 bridgehead atoms. The molecular formula is C19H28N2. The van der Waals surface area contributed by atoms with Crippen molar-refractivity contribution < 1.29 is 0 Å². The van der Waals surface area contributed by atoms with Crippen molar-refractivity contribution in [2.24, 2.45) is 11.8 Å². The summed E-state index contributed by atoms with van der Waals surface area (Å²) < 4.78 is 2.46. The summed E-state index contributed by atoms with van der Waals surface area (Å²) in [4.78, 5) is 0. The number of fused-ring (bicyclic) bond motifs is 1. The smallest absolute Gasteiger partial charge is 0.0480 e. The largest absolute Gasteiger partial charge is 0.347 e. The predicted molar refractivity (Wildman–Crippen MR) is 90.4 cm³/mol. The number of benzene rings is 1. The predicted octanol–water partition coefficient (Wildman–Crippen LogP) is 4.58. The van der Waals surface area contributed by atoms with E-state index in [0.717, 1.165) is 19.0 Å². The van der Waals surface area contributed by atoms with Crippen molar-refractivity contribution in [1.29, 1.82) is 0 Å². The Bertz CT molecular complexity index is 576.